The zero-order valence-electron chi connectivity index (χ0n) is 16.2. The number of amides is 3. The van der Waals surface area contributed by atoms with E-state index >= 15 is 0 Å². The van der Waals surface area contributed by atoms with Crippen LogP contribution < -0.4 is 20.9 Å². The van der Waals surface area contributed by atoms with Gasteiger partial charge in [-0.1, -0.05) is 29.3 Å². The first kappa shape index (κ1) is 24.0. The molecule has 10 heteroatoms. The number of nitrogens with one attached hydrogen (secondary N) is 3. The second-order valence-electron chi connectivity index (χ2n) is 6.33. The van der Waals surface area contributed by atoms with E-state index in [-0.39, 0.29) is 18.7 Å². The Morgan fingerprint density at radius 2 is 1.77 bits per heavy atom. The summed E-state index contributed by atoms with van der Waals surface area (Å²) in [6.45, 7) is 3.31. The normalized spacial score (nSPS) is 11.4. The van der Waals surface area contributed by atoms with Gasteiger partial charge in [0.05, 0.1) is 4.47 Å². The van der Waals surface area contributed by atoms with Gasteiger partial charge >= 0.3 is 0 Å². The van der Waals surface area contributed by atoms with Crippen LogP contribution in [0.2, 0.25) is 10.0 Å². The quantitative estimate of drug-likeness (QED) is 0.475. The van der Waals surface area contributed by atoms with Crippen LogP contribution in [-0.2, 0) is 14.4 Å². The predicted molar refractivity (Wildman–Crippen MR) is 120 cm³/mol. The fraction of sp³-hybridized carbons (Fsp3) is 0.250. The lowest BCUT2D eigenvalue weighted by molar-refractivity contribution is -0.133. The molecule has 3 amide bonds. The molecule has 2 rings (SSSR count). The summed E-state index contributed by atoms with van der Waals surface area (Å²) in [5.74, 6) is -0.974. The summed E-state index contributed by atoms with van der Waals surface area (Å²) in [6, 6.07) is 10.1. The van der Waals surface area contributed by atoms with Gasteiger partial charge in [-0.3, -0.25) is 25.2 Å². The maximum absolute atomic E-state index is 12.1. The monoisotopic (exact) mass is 515 g/mol. The van der Waals surface area contributed by atoms with Gasteiger partial charge in [-0.05, 0) is 65.7 Å². The van der Waals surface area contributed by atoms with Gasteiger partial charge in [0.1, 0.15) is 5.75 Å². The molecule has 30 heavy (non-hydrogen) atoms. The molecule has 0 aliphatic heterocycles. The molecule has 0 aliphatic rings. The van der Waals surface area contributed by atoms with Crippen molar-refractivity contribution in [3.63, 3.8) is 0 Å². The van der Waals surface area contributed by atoms with E-state index in [1.807, 2.05) is 0 Å². The Bertz CT molecular complexity index is 956. The number of benzene rings is 2. The van der Waals surface area contributed by atoms with Crippen molar-refractivity contribution < 1.29 is 19.1 Å². The SMILES string of the molecule is Cc1c(Cl)cccc1NC(=O)CCC(=O)NNC(=O)C(C)Oc1ccc(Cl)cc1Br. The van der Waals surface area contributed by atoms with Crippen molar-refractivity contribution in [2.75, 3.05) is 5.32 Å². The lowest BCUT2D eigenvalue weighted by atomic mass is 10.2. The largest absolute Gasteiger partial charge is 0.480 e. The number of ether oxygens (including phenoxy) is 1. The van der Waals surface area contributed by atoms with Crippen molar-refractivity contribution >= 4 is 62.5 Å². The molecule has 0 saturated heterocycles. The highest BCUT2D eigenvalue weighted by Crippen LogP contribution is 2.28. The Morgan fingerprint density at radius 3 is 2.47 bits per heavy atom. The third-order valence-corrected chi connectivity index (χ3v) is 5.28. The van der Waals surface area contributed by atoms with Gasteiger partial charge in [0, 0.05) is 28.6 Å². The van der Waals surface area contributed by atoms with Crippen molar-refractivity contribution in [3.05, 3.63) is 56.5 Å². The lowest BCUT2D eigenvalue weighted by Crippen LogP contribution is -2.47. The molecule has 0 fully saturated rings. The van der Waals surface area contributed by atoms with Gasteiger partial charge in [0.25, 0.3) is 5.91 Å². The van der Waals surface area contributed by atoms with E-state index in [0.29, 0.717) is 26.0 Å². The zero-order valence-corrected chi connectivity index (χ0v) is 19.3. The van der Waals surface area contributed by atoms with Gasteiger partial charge < -0.3 is 10.1 Å². The molecule has 0 bridgehead atoms. The third-order valence-electron chi connectivity index (χ3n) is 4.01. The summed E-state index contributed by atoms with van der Waals surface area (Å²) >= 11 is 15.2. The van der Waals surface area contributed by atoms with Crippen LogP contribution in [0.4, 0.5) is 5.69 Å². The third kappa shape index (κ3) is 7.19. The Hall–Kier alpha value is -2.29. The summed E-state index contributed by atoms with van der Waals surface area (Å²) in [6.07, 6.45) is -1.04. The van der Waals surface area contributed by atoms with E-state index in [2.05, 4.69) is 32.1 Å². The Labute approximate surface area is 192 Å². The number of hydrogen-bond donors (Lipinski definition) is 3. The summed E-state index contributed by atoms with van der Waals surface area (Å²) in [4.78, 5) is 36.0. The molecule has 0 radical (unpaired) electrons. The van der Waals surface area contributed by atoms with E-state index in [9.17, 15) is 14.4 Å². The van der Waals surface area contributed by atoms with Crippen LogP contribution in [0.3, 0.4) is 0 Å². The van der Waals surface area contributed by atoms with Gasteiger partial charge in [0.15, 0.2) is 6.10 Å². The first-order valence-electron chi connectivity index (χ1n) is 8.92. The number of carbonyl (C=O) groups excluding carboxylic acids is 3. The summed E-state index contributed by atoms with van der Waals surface area (Å²) in [7, 11) is 0. The molecule has 160 valence electrons. The fourth-order valence-corrected chi connectivity index (χ4v) is 3.24. The number of halogens is 3. The van der Waals surface area contributed by atoms with Crippen LogP contribution >= 0.6 is 39.1 Å². The van der Waals surface area contributed by atoms with Crippen molar-refractivity contribution in [1.29, 1.82) is 0 Å². The molecular formula is C20H20BrCl2N3O4. The maximum atomic E-state index is 12.1. The standard InChI is InChI=1S/C20H20BrCl2N3O4/c1-11-15(23)4-3-5-16(11)24-18(27)8-9-19(28)25-26-20(29)12(2)30-17-7-6-13(22)10-14(17)21/h3-7,10,12H,8-9H2,1-2H3,(H,24,27)(H,25,28)(H,26,29). The number of rotatable bonds is 7. The lowest BCUT2D eigenvalue weighted by Gasteiger charge is -2.16. The van der Waals surface area contributed by atoms with Gasteiger partial charge in [-0.25, -0.2) is 0 Å². The van der Waals surface area contributed by atoms with Gasteiger partial charge in [-0.2, -0.15) is 0 Å². The second kappa shape index (κ2) is 11.2. The Morgan fingerprint density at radius 1 is 1.07 bits per heavy atom. The van der Waals surface area contributed by atoms with Crippen LogP contribution in [-0.4, -0.2) is 23.8 Å². The predicted octanol–water partition coefficient (Wildman–Crippen LogP) is 4.40. The maximum Gasteiger partial charge on any atom is 0.279 e. The molecule has 7 nitrogen and oxygen atoms in total. The summed E-state index contributed by atoms with van der Waals surface area (Å²) < 4.78 is 6.13. The average molecular weight is 517 g/mol. The minimum absolute atomic E-state index is 0.0581. The number of anilines is 1. The molecule has 0 heterocycles. The number of hydrogen-bond acceptors (Lipinski definition) is 4. The first-order valence-corrected chi connectivity index (χ1v) is 10.5. The van der Waals surface area contributed by atoms with Crippen LogP contribution in [0.25, 0.3) is 0 Å². The minimum atomic E-state index is -0.878. The van der Waals surface area contributed by atoms with Crippen molar-refractivity contribution in [1.82, 2.24) is 10.9 Å². The van der Waals surface area contributed by atoms with Crippen LogP contribution in [0.1, 0.15) is 25.3 Å². The van der Waals surface area contributed by atoms with Crippen molar-refractivity contribution in [2.24, 2.45) is 0 Å². The van der Waals surface area contributed by atoms with Crippen molar-refractivity contribution in [3.8, 4) is 5.75 Å². The van der Waals surface area contributed by atoms with E-state index in [4.69, 9.17) is 27.9 Å². The Balaban J connectivity index is 1.74. The molecule has 1 unspecified atom stereocenters. The Kier molecular flexibility index (Phi) is 8.95. The number of hydrazine groups is 1. The molecule has 3 N–H and O–H groups in total. The van der Waals surface area contributed by atoms with Gasteiger partial charge in [-0.15, -0.1) is 0 Å². The molecule has 0 aliphatic carbocycles. The smallest absolute Gasteiger partial charge is 0.279 e. The zero-order chi connectivity index (χ0) is 22.3. The van der Waals surface area contributed by atoms with Crippen LogP contribution in [0.5, 0.6) is 5.75 Å². The first-order chi connectivity index (χ1) is 14.2. The van der Waals surface area contributed by atoms with E-state index in [1.165, 1.54) is 6.92 Å². The minimum Gasteiger partial charge on any atom is -0.480 e. The summed E-state index contributed by atoms with van der Waals surface area (Å²) in [5, 5.41) is 3.76. The molecule has 1 atom stereocenters. The highest BCUT2D eigenvalue weighted by atomic mass is 79.9. The topological polar surface area (TPSA) is 96.5 Å². The molecule has 2 aromatic carbocycles. The molecule has 0 spiro atoms. The van der Waals surface area contributed by atoms with Crippen LogP contribution in [0, 0.1) is 6.92 Å². The van der Waals surface area contributed by atoms with Crippen LogP contribution in [0.15, 0.2) is 40.9 Å². The van der Waals surface area contributed by atoms with E-state index < -0.39 is 17.9 Å². The second-order valence-corrected chi connectivity index (χ2v) is 8.03. The van der Waals surface area contributed by atoms with E-state index in [1.54, 1.807) is 43.3 Å². The molecular weight excluding hydrogens is 497 g/mol. The van der Waals surface area contributed by atoms with Gasteiger partial charge in [0.2, 0.25) is 11.8 Å². The number of carbonyl (C=O) groups is 3. The average Bonchev–Trinajstić information content (AvgIpc) is 2.70. The molecule has 0 saturated carbocycles. The highest BCUT2D eigenvalue weighted by molar-refractivity contribution is 9.10. The van der Waals surface area contributed by atoms with E-state index in [0.717, 1.165) is 5.56 Å². The fourth-order valence-electron chi connectivity index (χ4n) is 2.29. The highest BCUT2D eigenvalue weighted by Gasteiger charge is 2.17. The molecule has 2 aromatic rings. The van der Waals surface area contributed by atoms with Crippen molar-refractivity contribution in [2.45, 2.75) is 32.8 Å². The molecule has 0 aromatic heterocycles. The summed E-state index contributed by atoms with van der Waals surface area (Å²) in [5.41, 5.74) is 5.85.